The van der Waals surface area contributed by atoms with Crippen molar-refractivity contribution in [3.8, 4) is 11.5 Å². The molecule has 0 atom stereocenters. The van der Waals surface area contributed by atoms with Gasteiger partial charge in [-0.2, -0.15) is 0 Å². The summed E-state index contributed by atoms with van der Waals surface area (Å²) in [5.41, 5.74) is 1.33. The van der Waals surface area contributed by atoms with Crippen LogP contribution in [0.5, 0.6) is 11.5 Å². The minimum absolute atomic E-state index is 0.0259. The minimum atomic E-state index is -0.561. The van der Waals surface area contributed by atoms with Crippen LogP contribution < -0.4 is 9.47 Å². The summed E-state index contributed by atoms with van der Waals surface area (Å²) in [6, 6.07) is 11.9. The molecule has 4 heteroatoms. The number of hydrogen-bond acceptors (Lipinski definition) is 3. The number of ether oxygens (including phenoxy) is 2. The van der Waals surface area contributed by atoms with Gasteiger partial charge in [0.15, 0.2) is 11.6 Å². The maximum atomic E-state index is 14.6. The zero-order valence-electron chi connectivity index (χ0n) is 24.5. The highest BCUT2D eigenvalue weighted by Gasteiger charge is 2.20. The van der Waals surface area contributed by atoms with Crippen LogP contribution in [-0.2, 0) is 6.42 Å². The van der Waals surface area contributed by atoms with Crippen LogP contribution in [0.4, 0.5) is 4.39 Å². The van der Waals surface area contributed by atoms with E-state index in [1.165, 1.54) is 89.5 Å². The number of aryl methyl sites for hydroxylation is 1. The van der Waals surface area contributed by atoms with Crippen molar-refractivity contribution >= 4 is 5.97 Å². The third-order valence-corrected chi connectivity index (χ3v) is 8.32. The summed E-state index contributed by atoms with van der Waals surface area (Å²) in [4.78, 5) is 12.6. The lowest BCUT2D eigenvalue weighted by molar-refractivity contribution is 0.0727. The lowest BCUT2D eigenvalue weighted by Crippen LogP contribution is -2.15. The fraction of sp³-hybridized carbons (Fsp3) is 0.629. The van der Waals surface area contributed by atoms with Crippen molar-refractivity contribution in [2.24, 2.45) is 11.8 Å². The molecule has 0 heterocycles. The van der Waals surface area contributed by atoms with Gasteiger partial charge in [0.25, 0.3) is 0 Å². The van der Waals surface area contributed by atoms with Crippen LogP contribution in [0.25, 0.3) is 0 Å². The summed E-state index contributed by atoms with van der Waals surface area (Å²) in [7, 11) is 0. The van der Waals surface area contributed by atoms with Crippen LogP contribution in [0.3, 0.4) is 0 Å². The monoisotopic (exact) mass is 538 g/mol. The van der Waals surface area contributed by atoms with Crippen LogP contribution in [0, 0.1) is 17.7 Å². The number of carbonyl (C=O) groups excluding carboxylic acids is 1. The molecule has 0 N–H and O–H groups in total. The molecule has 1 fully saturated rings. The highest BCUT2D eigenvalue weighted by atomic mass is 19.1. The van der Waals surface area contributed by atoms with E-state index in [0.29, 0.717) is 12.2 Å². The van der Waals surface area contributed by atoms with Crippen molar-refractivity contribution in [3.63, 3.8) is 0 Å². The van der Waals surface area contributed by atoms with Crippen LogP contribution in [0.15, 0.2) is 42.5 Å². The van der Waals surface area contributed by atoms with Gasteiger partial charge in [0.2, 0.25) is 0 Å². The third kappa shape index (κ3) is 11.7. The van der Waals surface area contributed by atoms with Crippen molar-refractivity contribution in [1.82, 2.24) is 0 Å². The van der Waals surface area contributed by atoms with Gasteiger partial charge in [0, 0.05) is 0 Å². The van der Waals surface area contributed by atoms with Crippen molar-refractivity contribution in [3.05, 3.63) is 59.4 Å². The van der Waals surface area contributed by atoms with E-state index in [4.69, 9.17) is 9.47 Å². The zero-order valence-corrected chi connectivity index (χ0v) is 24.5. The molecule has 3 nitrogen and oxygen atoms in total. The fourth-order valence-corrected chi connectivity index (χ4v) is 5.79. The van der Waals surface area contributed by atoms with Gasteiger partial charge in [-0.1, -0.05) is 103 Å². The molecule has 1 aliphatic carbocycles. The Hall–Kier alpha value is -2.36. The van der Waals surface area contributed by atoms with Crippen LogP contribution in [-0.4, -0.2) is 12.6 Å². The molecule has 0 aliphatic heterocycles. The van der Waals surface area contributed by atoms with E-state index in [0.717, 1.165) is 48.8 Å². The Morgan fingerprint density at radius 1 is 0.769 bits per heavy atom. The largest absolute Gasteiger partial charge is 0.494 e. The Labute approximate surface area is 236 Å². The molecule has 1 saturated carbocycles. The van der Waals surface area contributed by atoms with Crippen LogP contribution >= 0.6 is 0 Å². The third-order valence-electron chi connectivity index (χ3n) is 8.32. The number of rotatable bonds is 18. The fourth-order valence-electron chi connectivity index (χ4n) is 5.79. The van der Waals surface area contributed by atoms with Gasteiger partial charge >= 0.3 is 5.97 Å². The number of unbranched alkanes of at least 4 members (excludes halogenated alkanes) is 7. The lowest BCUT2D eigenvalue weighted by Gasteiger charge is -2.28. The van der Waals surface area contributed by atoms with E-state index >= 15 is 0 Å². The Morgan fingerprint density at radius 3 is 2.05 bits per heavy atom. The van der Waals surface area contributed by atoms with Gasteiger partial charge < -0.3 is 9.47 Å². The second-order valence-electron chi connectivity index (χ2n) is 11.6. The van der Waals surface area contributed by atoms with Crippen molar-refractivity contribution in [1.29, 1.82) is 0 Å². The molecule has 0 spiro atoms. The smallest absolute Gasteiger partial charge is 0.343 e. The van der Waals surface area contributed by atoms with Crippen molar-refractivity contribution in [2.75, 3.05) is 6.61 Å². The average Bonchev–Trinajstić information content (AvgIpc) is 2.95. The average molecular weight is 539 g/mol. The summed E-state index contributed by atoms with van der Waals surface area (Å²) in [6.07, 6.45) is 21.4. The van der Waals surface area contributed by atoms with Gasteiger partial charge in [-0.15, -0.1) is 0 Å². The van der Waals surface area contributed by atoms with E-state index in [1.54, 1.807) is 30.3 Å². The maximum Gasteiger partial charge on any atom is 0.343 e. The summed E-state index contributed by atoms with van der Waals surface area (Å²) in [6.45, 7) is 5.18. The molecule has 216 valence electrons. The van der Waals surface area contributed by atoms with Gasteiger partial charge in [-0.05, 0) is 79.5 Å². The van der Waals surface area contributed by atoms with Gasteiger partial charge in [-0.3, -0.25) is 0 Å². The molecule has 0 aromatic heterocycles. The van der Waals surface area contributed by atoms with E-state index in [1.807, 2.05) is 6.07 Å². The molecule has 0 radical (unpaired) electrons. The van der Waals surface area contributed by atoms with Gasteiger partial charge in [-0.25, -0.2) is 9.18 Å². The van der Waals surface area contributed by atoms with E-state index < -0.39 is 11.8 Å². The molecular weight excluding hydrogens is 487 g/mol. The Bertz CT molecular complexity index is 947. The van der Waals surface area contributed by atoms with E-state index in [2.05, 4.69) is 13.8 Å². The molecule has 0 saturated heterocycles. The first-order valence-electron chi connectivity index (χ1n) is 15.8. The Kier molecular flexibility index (Phi) is 14.4. The molecule has 2 aromatic carbocycles. The predicted molar refractivity (Wildman–Crippen MR) is 159 cm³/mol. The second kappa shape index (κ2) is 18.1. The lowest BCUT2D eigenvalue weighted by atomic mass is 9.78. The SMILES string of the molecule is CCCCCCCCc1ccc(OC(=O)c2ccc(OCCC[C@H]3CC[C@H](CCCCC)CC3)cc2)c(F)c1. The number of carbonyl (C=O) groups is 1. The summed E-state index contributed by atoms with van der Waals surface area (Å²) >= 11 is 0. The first-order chi connectivity index (χ1) is 19.1. The maximum absolute atomic E-state index is 14.6. The summed E-state index contributed by atoms with van der Waals surface area (Å²) < 4.78 is 25.8. The Balaban J connectivity index is 1.33. The van der Waals surface area contributed by atoms with Gasteiger partial charge in [0.1, 0.15) is 5.75 Å². The quantitative estimate of drug-likeness (QED) is 0.108. The van der Waals surface area contributed by atoms with E-state index in [-0.39, 0.29) is 5.75 Å². The molecule has 39 heavy (non-hydrogen) atoms. The van der Waals surface area contributed by atoms with Crippen LogP contribution in [0.1, 0.15) is 133 Å². The van der Waals surface area contributed by atoms with Crippen molar-refractivity contribution in [2.45, 2.75) is 123 Å². The minimum Gasteiger partial charge on any atom is -0.494 e. The molecule has 0 bridgehead atoms. The van der Waals surface area contributed by atoms with E-state index in [9.17, 15) is 9.18 Å². The second-order valence-corrected chi connectivity index (χ2v) is 11.6. The number of esters is 1. The predicted octanol–water partition coefficient (Wildman–Crippen LogP) is 10.5. The standard InChI is InChI=1S/C35H51FO3/c1-3-5-7-8-9-11-14-30-20-25-34(33(36)27-30)39-35(37)31-21-23-32(24-22-31)38-26-12-15-29-18-16-28(17-19-29)13-10-6-4-2/h20-25,27-29H,3-19,26H2,1-2H3/t28-,29-. The highest BCUT2D eigenvalue weighted by Crippen LogP contribution is 2.34. The zero-order chi connectivity index (χ0) is 27.7. The topological polar surface area (TPSA) is 35.5 Å². The first kappa shape index (κ1) is 31.2. The first-order valence-corrected chi connectivity index (χ1v) is 15.8. The number of benzene rings is 2. The molecule has 0 unspecified atom stereocenters. The molecular formula is C35H51FO3. The normalized spacial score (nSPS) is 17.2. The molecule has 3 rings (SSSR count). The summed E-state index contributed by atoms with van der Waals surface area (Å²) in [5, 5.41) is 0. The number of halogens is 1. The Morgan fingerprint density at radius 2 is 1.38 bits per heavy atom. The number of hydrogen-bond donors (Lipinski definition) is 0. The highest BCUT2D eigenvalue weighted by molar-refractivity contribution is 5.91. The van der Waals surface area contributed by atoms with Crippen LogP contribution in [0.2, 0.25) is 0 Å². The molecule has 1 aliphatic rings. The van der Waals surface area contributed by atoms with Crippen molar-refractivity contribution < 1.29 is 18.7 Å². The summed E-state index contributed by atoms with van der Waals surface area (Å²) in [5.74, 6) is 1.47. The molecule has 0 amide bonds. The molecule has 2 aromatic rings. The van der Waals surface area contributed by atoms with Gasteiger partial charge in [0.05, 0.1) is 12.2 Å².